The molecule has 1 unspecified atom stereocenters. The Kier molecular flexibility index (Phi) is 4.06. The van der Waals surface area contributed by atoms with Crippen molar-refractivity contribution in [3.05, 3.63) is 76.9 Å². The molecule has 1 nitrogen and oxygen atoms in total. The molecule has 5 rings (SSSR count). The third-order valence-electron chi connectivity index (χ3n) is 5.38. The summed E-state index contributed by atoms with van der Waals surface area (Å²) in [5, 5.41) is 11.2. The number of benzene rings is 3. The number of fused-ring (bicyclic) bond motifs is 6. The first-order chi connectivity index (χ1) is 13.4. The summed E-state index contributed by atoms with van der Waals surface area (Å²) in [5.41, 5.74) is 12.7. The Bertz CT molecular complexity index is 1180. The minimum Gasteiger partial charge on any atom is -0.384 e. The van der Waals surface area contributed by atoms with Crippen LogP contribution in [0.4, 0.5) is 0 Å². The molecule has 3 heteroatoms. The number of rotatable bonds is 0. The molecule has 3 aromatic rings. The van der Waals surface area contributed by atoms with Crippen LogP contribution in [0.3, 0.4) is 0 Å². The highest BCUT2D eigenvalue weighted by Gasteiger charge is 2.33. The molecule has 0 saturated carbocycles. The largest absolute Gasteiger partial charge is 0.384 e. The molecule has 1 heterocycles. The lowest BCUT2D eigenvalue weighted by Gasteiger charge is -2.24. The molecule has 0 fully saturated rings. The van der Waals surface area contributed by atoms with Crippen LogP contribution in [0.1, 0.15) is 28.4 Å². The van der Waals surface area contributed by atoms with E-state index in [-0.39, 0.29) is 0 Å². The predicted octanol–water partition coefficient (Wildman–Crippen LogP) is 6.25. The van der Waals surface area contributed by atoms with E-state index >= 15 is 0 Å². The van der Waals surface area contributed by atoms with Crippen LogP contribution in [0, 0.1) is 11.5 Å². The number of aliphatic hydroxyl groups is 1. The van der Waals surface area contributed by atoms with Crippen LogP contribution in [0.15, 0.2) is 59.5 Å². The van der Waals surface area contributed by atoms with E-state index in [2.05, 4.69) is 73.6 Å². The molecular weight excluding hydrogens is 376 g/mol. The second-order valence-electron chi connectivity index (χ2n) is 8.52. The first-order valence-electron chi connectivity index (χ1n) is 9.66. The van der Waals surface area contributed by atoms with Gasteiger partial charge in [0.1, 0.15) is 14.2 Å². The number of thioether (sulfide) groups is 1. The standard InChI is InChI=1S/C25H22OSSi/c1-28(2,3)13-12-20-23-17-9-5-4-8-16(17)15-27-22(23)14-21-18-10-6-7-11-19(18)25(26)24(20)21/h4-11,14,25-26H,15H2,1-3H3. The van der Waals surface area contributed by atoms with Gasteiger partial charge in [-0.1, -0.05) is 74.1 Å². The summed E-state index contributed by atoms with van der Waals surface area (Å²) in [4.78, 5) is 1.28. The number of aliphatic hydroxyl groups excluding tert-OH is 1. The molecule has 1 atom stereocenters. The Morgan fingerprint density at radius 1 is 0.964 bits per heavy atom. The molecule has 1 N–H and O–H groups in total. The zero-order valence-electron chi connectivity index (χ0n) is 16.3. The van der Waals surface area contributed by atoms with E-state index in [0.717, 1.165) is 33.6 Å². The number of hydrogen-bond donors (Lipinski definition) is 1. The average Bonchev–Trinajstić information content (AvgIpc) is 2.97. The highest BCUT2D eigenvalue weighted by Crippen LogP contribution is 2.52. The molecule has 0 amide bonds. The van der Waals surface area contributed by atoms with Crippen LogP contribution in [0.2, 0.25) is 19.6 Å². The van der Waals surface area contributed by atoms with Crippen molar-refractivity contribution in [2.24, 2.45) is 0 Å². The van der Waals surface area contributed by atoms with Crippen molar-refractivity contribution in [3.8, 4) is 33.7 Å². The van der Waals surface area contributed by atoms with Gasteiger partial charge in [0.25, 0.3) is 0 Å². The third kappa shape index (κ3) is 2.76. The topological polar surface area (TPSA) is 20.2 Å². The van der Waals surface area contributed by atoms with Crippen LogP contribution in [-0.4, -0.2) is 13.2 Å². The number of hydrogen-bond acceptors (Lipinski definition) is 2. The summed E-state index contributed by atoms with van der Waals surface area (Å²) < 4.78 is 0. The van der Waals surface area contributed by atoms with Gasteiger partial charge < -0.3 is 5.11 Å². The van der Waals surface area contributed by atoms with E-state index < -0.39 is 14.2 Å². The van der Waals surface area contributed by atoms with Gasteiger partial charge in [0.2, 0.25) is 0 Å². The van der Waals surface area contributed by atoms with Gasteiger partial charge >= 0.3 is 0 Å². The van der Waals surface area contributed by atoms with E-state index in [9.17, 15) is 5.11 Å². The molecular formula is C25H22OSSi. The molecule has 3 aromatic carbocycles. The lowest BCUT2D eigenvalue weighted by Crippen LogP contribution is -2.16. The fourth-order valence-electron chi connectivity index (χ4n) is 4.12. The second-order valence-corrected chi connectivity index (χ2v) is 14.3. The molecule has 1 aliphatic heterocycles. The second kappa shape index (κ2) is 6.39. The van der Waals surface area contributed by atoms with Gasteiger partial charge in [0, 0.05) is 27.3 Å². The van der Waals surface area contributed by atoms with Gasteiger partial charge in [0.15, 0.2) is 0 Å². The fourth-order valence-corrected chi connectivity index (χ4v) is 5.74. The Labute approximate surface area is 171 Å². The summed E-state index contributed by atoms with van der Waals surface area (Å²) in [6.45, 7) is 6.80. The van der Waals surface area contributed by atoms with Crippen molar-refractivity contribution < 1.29 is 5.11 Å². The Morgan fingerprint density at radius 3 is 2.46 bits per heavy atom. The molecule has 28 heavy (non-hydrogen) atoms. The third-order valence-corrected chi connectivity index (χ3v) is 7.35. The monoisotopic (exact) mass is 398 g/mol. The summed E-state index contributed by atoms with van der Waals surface area (Å²) in [5.74, 6) is 4.54. The van der Waals surface area contributed by atoms with Crippen LogP contribution in [0.5, 0.6) is 0 Å². The Morgan fingerprint density at radius 2 is 1.68 bits per heavy atom. The van der Waals surface area contributed by atoms with Crippen molar-refractivity contribution in [2.45, 2.75) is 36.4 Å². The SMILES string of the molecule is C[Si](C)(C)C#Cc1c2c(cc3c1C(O)c1ccccc1-3)SCc1ccccc1-2. The molecule has 0 bridgehead atoms. The van der Waals surface area contributed by atoms with E-state index in [1.54, 1.807) is 0 Å². The van der Waals surface area contributed by atoms with Gasteiger partial charge in [-0.2, -0.15) is 0 Å². The van der Waals surface area contributed by atoms with E-state index in [1.165, 1.54) is 21.6 Å². The Balaban J connectivity index is 1.87. The maximum atomic E-state index is 11.2. The maximum absolute atomic E-state index is 11.2. The first kappa shape index (κ1) is 17.8. The van der Waals surface area contributed by atoms with Crippen LogP contribution in [0.25, 0.3) is 22.3 Å². The molecule has 0 spiro atoms. The van der Waals surface area contributed by atoms with Crippen LogP contribution >= 0.6 is 11.8 Å². The van der Waals surface area contributed by atoms with E-state index in [4.69, 9.17) is 0 Å². The summed E-state index contributed by atoms with van der Waals surface area (Å²) in [6, 6.07) is 19.1. The van der Waals surface area contributed by atoms with Gasteiger partial charge in [0.05, 0.1) is 0 Å². The molecule has 0 aromatic heterocycles. The van der Waals surface area contributed by atoms with Crippen molar-refractivity contribution >= 4 is 19.8 Å². The maximum Gasteiger partial charge on any atom is 0.129 e. The Hall–Kier alpha value is -2.25. The highest BCUT2D eigenvalue weighted by molar-refractivity contribution is 7.98. The minimum absolute atomic E-state index is 0.610. The summed E-state index contributed by atoms with van der Waals surface area (Å²) >= 11 is 1.88. The van der Waals surface area contributed by atoms with Crippen molar-refractivity contribution in [2.75, 3.05) is 0 Å². The quantitative estimate of drug-likeness (QED) is 0.357. The molecule has 2 aliphatic rings. The normalized spacial score (nSPS) is 16.4. The van der Waals surface area contributed by atoms with E-state index in [1.807, 2.05) is 23.9 Å². The van der Waals surface area contributed by atoms with Gasteiger partial charge in [-0.25, -0.2) is 0 Å². The lowest BCUT2D eigenvalue weighted by molar-refractivity contribution is 0.225. The molecule has 1 aliphatic carbocycles. The molecule has 0 saturated heterocycles. The van der Waals surface area contributed by atoms with Crippen molar-refractivity contribution in [1.82, 2.24) is 0 Å². The van der Waals surface area contributed by atoms with Crippen molar-refractivity contribution in [1.29, 1.82) is 0 Å². The van der Waals surface area contributed by atoms with Gasteiger partial charge in [-0.15, -0.1) is 17.3 Å². The summed E-state index contributed by atoms with van der Waals surface area (Å²) in [7, 11) is -1.56. The predicted molar refractivity (Wildman–Crippen MR) is 121 cm³/mol. The smallest absolute Gasteiger partial charge is 0.129 e. The zero-order valence-corrected chi connectivity index (χ0v) is 18.2. The summed E-state index contributed by atoms with van der Waals surface area (Å²) in [6.07, 6.45) is -0.610. The fraction of sp³-hybridized carbons (Fsp3) is 0.200. The highest BCUT2D eigenvalue weighted by atomic mass is 32.2. The van der Waals surface area contributed by atoms with Crippen LogP contribution in [-0.2, 0) is 5.75 Å². The molecule has 138 valence electrons. The first-order valence-corrected chi connectivity index (χ1v) is 14.1. The average molecular weight is 399 g/mol. The zero-order chi connectivity index (χ0) is 19.5. The van der Waals surface area contributed by atoms with E-state index in [0.29, 0.717) is 0 Å². The van der Waals surface area contributed by atoms with Gasteiger partial charge in [-0.3, -0.25) is 0 Å². The lowest BCUT2D eigenvalue weighted by atomic mass is 9.89. The van der Waals surface area contributed by atoms with Crippen LogP contribution < -0.4 is 0 Å². The minimum atomic E-state index is -1.56. The van der Waals surface area contributed by atoms with Gasteiger partial charge in [-0.05, 0) is 33.9 Å². The molecule has 0 radical (unpaired) electrons. The van der Waals surface area contributed by atoms with Crippen molar-refractivity contribution in [3.63, 3.8) is 0 Å².